The van der Waals surface area contributed by atoms with Crippen molar-refractivity contribution in [1.82, 2.24) is 19.1 Å². The molecule has 200 valence electrons. The lowest BCUT2D eigenvalue weighted by molar-refractivity contribution is 0.0730. The zero-order chi connectivity index (χ0) is 27.4. The van der Waals surface area contributed by atoms with Crippen LogP contribution in [0.15, 0.2) is 75.2 Å². The summed E-state index contributed by atoms with van der Waals surface area (Å²) in [6.45, 7) is 5.26. The van der Waals surface area contributed by atoms with Crippen molar-refractivity contribution < 1.29 is 17.6 Å². The van der Waals surface area contributed by atoms with Crippen molar-refractivity contribution in [3.8, 4) is 23.0 Å². The Morgan fingerprint density at radius 1 is 1.10 bits per heavy atom. The maximum Gasteiger partial charge on any atom is 0.252 e. The number of morpholine rings is 1. The minimum absolute atomic E-state index is 0.0161. The molecule has 1 aliphatic rings. The molecule has 1 saturated heterocycles. The van der Waals surface area contributed by atoms with Crippen molar-refractivity contribution >= 4 is 22.1 Å². The number of nitrogens with zero attached hydrogens (tertiary/aromatic N) is 6. The van der Waals surface area contributed by atoms with Crippen LogP contribution in [-0.4, -0.2) is 60.0 Å². The van der Waals surface area contributed by atoms with Crippen LogP contribution in [0.2, 0.25) is 0 Å². The smallest absolute Gasteiger partial charge is 0.252 e. The molecule has 2 aromatic heterocycles. The van der Waals surface area contributed by atoms with Crippen LogP contribution in [0.1, 0.15) is 36.9 Å². The second-order valence-electron chi connectivity index (χ2n) is 9.12. The van der Waals surface area contributed by atoms with Crippen molar-refractivity contribution in [2.45, 2.75) is 24.7 Å². The topological polar surface area (TPSA) is 139 Å². The summed E-state index contributed by atoms with van der Waals surface area (Å²) in [5, 5.41) is 18.4. The van der Waals surface area contributed by atoms with Crippen LogP contribution >= 0.6 is 0 Å². The fraction of sp³-hybridized carbons (Fsp3) is 0.259. The Balaban J connectivity index is 1.46. The maximum atomic E-state index is 13.0. The molecule has 11 nitrogen and oxygen atoms in total. The zero-order valence-electron chi connectivity index (χ0n) is 21.5. The number of hydrogen-bond donors (Lipinski definition) is 1. The highest BCUT2D eigenvalue weighted by Crippen LogP contribution is 2.26. The standard InChI is InChI=1S/C27H27N7O4S/c1-19(2)26-30-24(16-28)27(38-26)31-29-17-21-18-34(22-6-4-3-5-7-22)32-25(21)20-8-10-23(11-9-20)39(35,36)33-12-14-37-15-13-33/h3-11,17-19,31H,12-15H2,1-2H3/b29-17+. The van der Waals surface area contributed by atoms with Gasteiger partial charge in [0.15, 0.2) is 0 Å². The van der Waals surface area contributed by atoms with Gasteiger partial charge in [-0.2, -0.15) is 19.8 Å². The fourth-order valence-corrected chi connectivity index (χ4v) is 5.44. The van der Waals surface area contributed by atoms with Gasteiger partial charge in [-0.05, 0) is 24.3 Å². The van der Waals surface area contributed by atoms with Gasteiger partial charge in [0.1, 0.15) is 11.8 Å². The highest BCUT2D eigenvalue weighted by Gasteiger charge is 2.26. The number of ether oxygens (including phenoxy) is 1. The van der Waals surface area contributed by atoms with E-state index in [2.05, 4.69) is 15.5 Å². The minimum Gasteiger partial charge on any atom is -0.422 e. The molecule has 39 heavy (non-hydrogen) atoms. The van der Waals surface area contributed by atoms with E-state index in [0.29, 0.717) is 49.0 Å². The molecule has 0 amide bonds. The third-order valence-corrected chi connectivity index (χ3v) is 8.02. The molecule has 0 unspecified atom stereocenters. The Kier molecular flexibility index (Phi) is 7.56. The highest BCUT2D eigenvalue weighted by molar-refractivity contribution is 7.89. The van der Waals surface area contributed by atoms with Gasteiger partial charge in [-0.1, -0.05) is 44.2 Å². The van der Waals surface area contributed by atoms with Crippen molar-refractivity contribution in [2.24, 2.45) is 5.10 Å². The molecule has 12 heteroatoms. The van der Waals surface area contributed by atoms with E-state index in [1.54, 1.807) is 35.2 Å². The molecule has 1 fully saturated rings. The summed E-state index contributed by atoms with van der Waals surface area (Å²) in [4.78, 5) is 4.40. The van der Waals surface area contributed by atoms with Gasteiger partial charge in [-0.25, -0.2) is 23.5 Å². The summed E-state index contributed by atoms with van der Waals surface area (Å²) in [5.41, 5.74) is 5.71. The largest absolute Gasteiger partial charge is 0.422 e. The SMILES string of the molecule is CC(C)c1nc(C#N)c(N/N=C/c2cn(-c3ccccc3)nc2-c2ccc(S(=O)(=O)N3CCOCC3)cc2)o1. The van der Waals surface area contributed by atoms with Crippen LogP contribution in [0, 0.1) is 11.3 Å². The first-order chi connectivity index (χ1) is 18.9. The zero-order valence-corrected chi connectivity index (χ0v) is 22.3. The van der Waals surface area contributed by atoms with E-state index in [0.717, 1.165) is 5.69 Å². The van der Waals surface area contributed by atoms with Gasteiger partial charge >= 0.3 is 0 Å². The summed E-state index contributed by atoms with van der Waals surface area (Å²) < 4.78 is 40.2. The first-order valence-electron chi connectivity index (χ1n) is 12.4. The van der Waals surface area contributed by atoms with E-state index in [-0.39, 0.29) is 22.4 Å². The van der Waals surface area contributed by atoms with Crippen molar-refractivity contribution in [1.29, 1.82) is 5.26 Å². The number of rotatable bonds is 8. The molecule has 3 heterocycles. The lowest BCUT2D eigenvalue weighted by Gasteiger charge is -2.26. The Labute approximate surface area is 226 Å². The fourth-order valence-electron chi connectivity index (χ4n) is 4.04. The number of hydrazone groups is 1. The number of sulfonamides is 1. The van der Waals surface area contributed by atoms with Crippen LogP contribution in [0.25, 0.3) is 16.9 Å². The number of nitrogens with one attached hydrogen (secondary N) is 1. The quantitative estimate of drug-likeness (QED) is 0.259. The number of anilines is 1. The number of benzene rings is 2. The first kappa shape index (κ1) is 26.3. The molecule has 1 aliphatic heterocycles. The first-order valence-corrected chi connectivity index (χ1v) is 13.8. The van der Waals surface area contributed by atoms with Crippen molar-refractivity contribution in [3.05, 3.63) is 77.9 Å². The predicted octanol–water partition coefficient (Wildman–Crippen LogP) is 3.99. The highest BCUT2D eigenvalue weighted by atomic mass is 32.2. The second-order valence-corrected chi connectivity index (χ2v) is 11.1. The maximum absolute atomic E-state index is 13.0. The van der Waals surface area contributed by atoms with E-state index in [1.807, 2.05) is 56.4 Å². The summed E-state index contributed by atoms with van der Waals surface area (Å²) in [5.74, 6) is 0.614. The van der Waals surface area contributed by atoms with Crippen LogP contribution in [0.3, 0.4) is 0 Å². The van der Waals surface area contributed by atoms with Crippen LogP contribution in [0.5, 0.6) is 0 Å². The molecule has 0 saturated carbocycles. The molecular weight excluding hydrogens is 518 g/mol. The Hall–Kier alpha value is -4.31. The normalized spacial score (nSPS) is 14.6. The van der Waals surface area contributed by atoms with Crippen LogP contribution in [0.4, 0.5) is 5.88 Å². The van der Waals surface area contributed by atoms with E-state index in [1.165, 1.54) is 4.31 Å². The molecular formula is C27H27N7O4S. The van der Waals surface area contributed by atoms with E-state index < -0.39 is 10.0 Å². The Morgan fingerprint density at radius 3 is 2.49 bits per heavy atom. The van der Waals surface area contributed by atoms with Gasteiger partial charge in [-0.15, -0.1) is 0 Å². The number of nitriles is 1. The molecule has 0 spiro atoms. The Morgan fingerprint density at radius 2 is 1.82 bits per heavy atom. The van der Waals surface area contributed by atoms with Crippen molar-refractivity contribution in [3.63, 3.8) is 0 Å². The number of hydrogen-bond acceptors (Lipinski definition) is 9. The molecule has 0 aliphatic carbocycles. The Bertz CT molecular complexity index is 1610. The summed E-state index contributed by atoms with van der Waals surface area (Å²) >= 11 is 0. The van der Waals surface area contributed by atoms with Gasteiger partial charge in [0, 0.05) is 36.3 Å². The van der Waals surface area contributed by atoms with E-state index >= 15 is 0 Å². The van der Waals surface area contributed by atoms with E-state index in [9.17, 15) is 13.7 Å². The molecule has 0 atom stereocenters. The molecule has 5 rings (SSSR count). The average Bonchev–Trinajstić information content (AvgIpc) is 3.59. The summed E-state index contributed by atoms with van der Waals surface area (Å²) in [7, 11) is -3.62. The van der Waals surface area contributed by atoms with Gasteiger partial charge in [0.05, 0.1) is 30.0 Å². The van der Waals surface area contributed by atoms with Gasteiger partial charge < -0.3 is 9.15 Å². The summed E-state index contributed by atoms with van der Waals surface area (Å²) in [6.07, 6.45) is 3.39. The van der Waals surface area contributed by atoms with Crippen LogP contribution < -0.4 is 5.43 Å². The number of aromatic nitrogens is 3. The lowest BCUT2D eigenvalue weighted by atomic mass is 10.1. The monoisotopic (exact) mass is 545 g/mol. The lowest BCUT2D eigenvalue weighted by Crippen LogP contribution is -2.40. The molecule has 0 bridgehead atoms. The van der Waals surface area contributed by atoms with Gasteiger partial charge in [0.25, 0.3) is 5.88 Å². The number of para-hydroxylation sites is 1. The second kappa shape index (κ2) is 11.2. The van der Waals surface area contributed by atoms with Gasteiger partial charge in [0.2, 0.25) is 21.6 Å². The minimum atomic E-state index is -3.62. The van der Waals surface area contributed by atoms with Crippen LogP contribution in [-0.2, 0) is 14.8 Å². The van der Waals surface area contributed by atoms with E-state index in [4.69, 9.17) is 14.3 Å². The van der Waals surface area contributed by atoms with Crippen molar-refractivity contribution in [2.75, 3.05) is 31.7 Å². The summed E-state index contributed by atoms with van der Waals surface area (Å²) in [6, 6.07) is 18.2. The molecule has 0 radical (unpaired) electrons. The third-order valence-electron chi connectivity index (χ3n) is 6.11. The average molecular weight is 546 g/mol. The molecule has 4 aromatic rings. The molecule has 1 N–H and O–H groups in total. The number of oxazole rings is 1. The third kappa shape index (κ3) is 5.61. The predicted molar refractivity (Wildman–Crippen MR) is 145 cm³/mol. The van der Waals surface area contributed by atoms with Gasteiger partial charge in [-0.3, -0.25) is 0 Å². The molecule has 2 aromatic carbocycles.